The Morgan fingerprint density at radius 3 is 2.41 bits per heavy atom. The second kappa shape index (κ2) is 6.97. The van der Waals surface area contributed by atoms with Gasteiger partial charge < -0.3 is 15.2 Å². The van der Waals surface area contributed by atoms with Crippen LogP contribution in [0.15, 0.2) is 0 Å². The van der Waals surface area contributed by atoms with Crippen molar-refractivity contribution in [1.29, 1.82) is 0 Å². The third-order valence-corrected chi connectivity index (χ3v) is 4.00. The molecule has 1 rings (SSSR count). The van der Waals surface area contributed by atoms with E-state index >= 15 is 0 Å². The minimum atomic E-state index is -0.627. The first kappa shape index (κ1) is 14.5. The number of carboxylic acid groups (broad SMARTS) is 1. The molecule has 0 aromatic carbocycles. The predicted molar refractivity (Wildman–Crippen MR) is 67.0 cm³/mol. The van der Waals surface area contributed by atoms with E-state index in [1.54, 1.807) is 7.11 Å². The van der Waals surface area contributed by atoms with Gasteiger partial charge in [-0.25, -0.2) is 0 Å². The average molecular weight is 243 g/mol. The molecule has 0 amide bonds. The first-order valence-electron chi connectivity index (χ1n) is 6.53. The van der Waals surface area contributed by atoms with Crippen LogP contribution in [0.3, 0.4) is 0 Å². The zero-order valence-corrected chi connectivity index (χ0v) is 11.1. The quantitative estimate of drug-likeness (QED) is 0.748. The summed E-state index contributed by atoms with van der Waals surface area (Å²) in [7, 11) is 1.72. The van der Waals surface area contributed by atoms with Crippen LogP contribution in [-0.2, 0) is 9.53 Å². The maximum Gasteiger partial charge on any atom is 0.306 e. The highest BCUT2D eigenvalue weighted by atomic mass is 16.5. The van der Waals surface area contributed by atoms with Crippen molar-refractivity contribution in [3.63, 3.8) is 0 Å². The fourth-order valence-corrected chi connectivity index (χ4v) is 2.34. The molecule has 0 heterocycles. The zero-order chi connectivity index (χ0) is 12.8. The van der Waals surface area contributed by atoms with E-state index in [2.05, 4.69) is 19.2 Å². The third-order valence-electron chi connectivity index (χ3n) is 4.00. The number of hydrogen-bond acceptors (Lipinski definition) is 3. The van der Waals surface area contributed by atoms with Crippen LogP contribution in [0, 0.1) is 11.8 Å². The Labute approximate surface area is 104 Å². The van der Waals surface area contributed by atoms with Crippen molar-refractivity contribution < 1.29 is 14.6 Å². The molecule has 0 aromatic heterocycles. The van der Waals surface area contributed by atoms with Crippen molar-refractivity contribution in [2.45, 2.75) is 51.7 Å². The van der Waals surface area contributed by atoms with E-state index < -0.39 is 5.97 Å². The van der Waals surface area contributed by atoms with E-state index in [0.717, 1.165) is 32.2 Å². The number of methoxy groups -OCH3 is 1. The van der Waals surface area contributed by atoms with Gasteiger partial charge in [0.2, 0.25) is 0 Å². The van der Waals surface area contributed by atoms with Gasteiger partial charge in [-0.05, 0) is 52.0 Å². The first-order chi connectivity index (χ1) is 8.04. The zero-order valence-electron chi connectivity index (χ0n) is 11.1. The molecule has 2 atom stereocenters. The van der Waals surface area contributed by atoms with Gasteiger partial charge in [-0.2, -0.15) is 0 Å². The molecule has 1 saturated carbocycles. The number of hydrogen-bond donors (Lipinski definition) is 2. The van der Waals surface area contributed by atoms with Crippen LogP contribution in [0.2, 0.25) is 0 Å². The van der Waals surface area contributed by atoms with Crippen LogP contribution in [-0.4, -0.2) is 36.9 Å². The minimum Gasteiger partial charge on any atom is -0.481 e. The molecule has 0 spiro atoms. The van der Waals surface area contributed by atoms with E-state index in [1.165, 1.54) is 0 Å². The highest BCUT2D eigenvalue weighted by Gasteiger charge is 2.26. The Hall–Kier alpha value is -0.610. The van der Waals surface area contributed by atoms with Crippen molar-refractivity contribution in [2.24, 2.45) is 11.8 Å². The average Bonchev–Trinajstić information content (AvgIpc) is 2.35. The Balaban J connectivity index is 2.20. The Morgan fingerprint density at radius 2 is 1.94 bits per heavy atom. The summed E-state index contributed by atoms with van der Waals surface area (Å²) in [5.41, 5.74) is 0. The smallest absolute Gasteiger partial charge is 0.306 e. The van der Waals surface area contributed by atoms with Gasteiger partial charge in [0.05, 0.1) is 12.0 Å². The number of carbonyl (C=O) groups is 1. The van der Waals surface area contributed by atoms with Gasteiger partial charge in [-0.3, -0.25) is 4.79 Å². The predicted octanol–water partition coefficient (Wildman–Crippen LogP) is 1.89. The number of nitrogens with one attached hydrogen (secondary N) is 1. The molecule has 0 radical (unpaired) electrons. The van der Waals surface area contributed by atoms with Crippen molar-refractivity contribution in [1.82, 2.24) is 5.32 Å². The third kappa shape index (κ3) is 4.64. The van der Waals surface area contributed by atoms with Crippen LogP contribution in [0.4, 0.5) is 0 Å². The lowest BCUT2D eigenvalue weighted by molar-refractivity contribution is -0.143. The summed E-state index contributed by atoms with van der Waals surface area (Å²) in [6.45, 7) is 5.15. The molecule has 100 valence electrons. The maximum absolute atomic E-state index is 10.8. The second-order valence-corrected chi connectivity index (χ2v) is 5.19. The summed E-state index contributed by atoms with van der Waals surface area (Å²) in [5, 5.41) is 12.4. The summed E-state index contributed by atoms with van der Waals surface area (Å²) in [4.78, 5) is 10.8. The summed E-state index contributed by atoms with van der Waals surface area (Å²) < 4.78 is 5.26. The topological polar surface area (TPSA) is 58.6 Å². The SMILES string of the molecule is COC(C)C(C)NCC1CCC(C(=O)O)CC1. The van der Waals surface area contributed by atoms with Crippen LogP contribution >= 0.6 is 0 Å². The first-order valence-corrected chi connectivity index (χ1v) is 6.53. The molecule has 1 aliphatic carbocycles. The van der Waals surface area contributed by atoms with Gasteiger partial charge in [0, 0.05) is 13.2 Å². The highest BCUT2D eigenvalue weighted by Crippen LogP contribution is 2.28. The van der Waals surface area contributed by atoms with Gasteiger partial charge >= 0.3 is 5.97 Å². The van der Waals surface area contributed by atoms with Crippen LogP contribution in [0.1, 0.15) is 39.5 Å². The molecular formula is C13H25NO3. The highest BCUT2D eigenvalue weighted by molar-refractivity contribution is 5.69. The van der Waals surface area contributed by atoms with Gasteiger partial charge in [0.25, 0.3) is 0 Å². The lowest BCUT2D eigenvalue weighted by atomic mass is 9.82. The van der Waals surface area contributed by atoms with E-state index in [4.69, 9.17) is 9.84 Å². The van der Waals surface area contributed by atoms with Crippen molar-refractivity contribution in [2.75, 3.05) is 13.7 Å². The lowest BCUT2D eigenvalue weighted by Gasteiger charge is -2.28. The molecule has 1 fully saturated rings. The fraction of sp³-hybridized carbons (Fsp3) is 0.923. The summed E-state index contributed by atoms with van der Waals surface area (Å²) in [6, 6.07) is 0.345. The molecule has 0 saturated heterocycles. The standard InChI is InChI=1S/C13H25NO3/c1-9(10(2)17-3)14-8-11-4-6-12(7-5-11)13(15)16/h9-12,14H,4-8H2,1-3H3,(H,15,16). The molecule has 0 aromatic rings. The second-order valence-electron chi connectivity index (χ2n) is 5.19. The summed E-state index contributed by atoms with van der Waals surface area (Å²) in [6.07, 6.45) is 3.92. The van der Waals surface area contributed by atoms with E-state index in [0.29, 0.717) is 12.0 Å². The largest absolute Gasteiger partial charge is 0.481 e. The normalized spacial score (nSPS) is 28.6. The van der Waals surface area contributed by atoms with E-state index in [1.807, 2.05) is 0 Å². The number of carboxylic acids is 1. The van der Waals surface area contributed by atoms with Crippen molar-refractivity contribution >= 4 is 5.97 Å². The van der Waals surface area contributed by atoms with Gasteiger partial charge in [-0.1, -0.05) is 0 Å². The fourth-order valence-electron chi connectivity index (χ4n) is 2.34. The molecule has 2 N–H and O–H groups in total. The number of aliphatic carboxylic acids is 1. The Bertz CT molecular complexity index is 237. The van der Waals surface area contributed by atoms with Crippen LogP contribution in [0.25, 0.3) is 0 Å². The molecule has 4 heteroatoms. The molecule has 4 nitrogen and oxygen atoms in total. The number of ether oxygens (including phenoxy) is 1. The van der Waals surface area contributed by atoms with Gasteiger partial charge in [0.1, 0.15) is 0 Å². The maximum atomic E-state index is 10.8. The summed E-state index contributed by atoms with van der Waals surface area (Å²) in [5.74, 6) is -0.114. The van der Waals surface area contributed by atoms with Gasteiger partial charge in [0.15, 0.2) is 0 Å². The monoisotopic (exact) mass is 243 g/mol. The molecule has 1 aliphatic rings. The molecule has 17 heavy (non-hydrogen) atoms. The van der Waals surface area contributed by atoms with Gasteiger partial charge in [-0.15, -0.1) is 0 Å². The molecular weight excluding hydrogens is 218 g/mol. The lowest BCUT2D eigenvalue weighted by Crippen LogP contribution is -2.40. The molecule has 0 aliphatic heterocycles. The van der Waals surface area contributed by atoms with Crippen LogP contribution < -0.4 is 5.32 Å². The summed E-state index contributed by atoms with van der Waals surface area (Å²) >= 11 is 0. The van der Waals surface area contributed by atoms with E-state index in [9.17, 15) is 4.79 Å². The van der Waals surface area contributed by atoms with E-state index in [-0.39, 0.29) is 12.0 Å². The number of rotatable bonds is 6. The Morgan fingerprint density at radius 1 is 1.35 bits per heavy atom. The van der Waals surface area contributed by atoms with Crippen molar-refractivity contribution in [3.05, 3.63) is 0 Å². The van der Waals surface area contributed by atoms with Crippen LogP contribution in [0.5, 0.6) is 0 Å². The molecule has 0 bridgehead atoms. The minimum absolute atomic E-state index is 0.110. The Kier molecular flexibility index (Phi) is 5.92. The van der Waals surface area contributed by atoms with Crippen molar-refractivity contribution in [3.8, 4) is 0 Å². The molecule has 2 unspecified atom stereocenters.